The number of nitrogens with zero attached hydrogens (tertiary/aromatic N) is 3. The minimum atomic E-state index is -0.465. The first-order valence-electron chi connectivity index (χ1n) is 9.92. The summed E-state index contributed by atoms with van der Waals surface area (Å²) in [6, 6.07) is 24.0. The molecule has 0 bridgehead atoms. The molecule has 2 heterocycles. The van der Waals surface area contributed by atoms with Crippen LogP contribution in [0.25, 0.3) is 16.5 Å². The van der Waals surface area contributed by atoms with Crippen molar-refractivity contribution < 1.29 is 9.47 Å². The number of allylic oxidation sites excluding steroid dienone is 1. The van der Waals surface area contributed by atoms with Crippen LogP contribution in [0.1, 0.15) is 22.7 Å². The van der Waals surface area contributed by atoms with Crippen LogP contribution in [0.4, 0.5) is 0 Å². The lowest BCUT2D eigenvalue weighted by Gasteiger charge is -2.27. The predicted octanol–water partition coefficient (Wildman–Crippen LogP) is 4.56. The number of fused-ring (bicyclic) bond motifs is 2. The number of aromatic nitrogens is 2. The SMILES string of the molecule is COc1ccc2ccccc2c1[C@@H]1C(C#N)=C(N)Oc2c1c(C)nn2-c1ccccc1. The molecule has 6 heteroatoms. The lowest BCUT2D eigenvalue weighted by atomic mass is 9.81. The van der Waals surface area contributed by atoms with E-state index < -0.39 is 5.92 Å². The molecule has 5 rings (SSSR count). The van der Waals surface area contributed by atoms with Gasteiger partial charge in [-0.3, -0.25) is 0 Å². The van der Waals surface area contributed by atoms with Gasteiger partial charge in [0, 0.05) is 5.56 Å². The number of hydrogen-bond acceptors (Lipinski definition) is 5. The molecule has 1 aliphatic rings. The maximum Gasteiger partial charge on any atom is 0.229 e. The molecule has 31 heavy (non-hydrogen) atoms. The molecule has 0 amide bonds. The zero-order chi connectivity index (χ0) is 21.5. The maximum absolute atomic E-state index is 10.0. The molecule has 0 spiro atoms. The van der Waals surface area contributed by atoms with Crippen molar-refractivity contribution in [1.82, 2.24) is 9.78 Å². The van der Waals surface area contributed by atoms with Crippen LogP contribution < -0.4 is 15.2 Å². The molecule has 1 aromatic heterocycles. The second kappa shape index (κ2) is 7.22. The van der Waals surface area contributed by atoms with E-state index in [1.807, 2.05) is 73.7 Å². The summed E-state index contributed by atoms with van der Waals surface area (Å²) < 4.78 is 13.4. The van der Waals surface area contributed by atoms with Gasteiger partial charge in [-0.15, -0.1) is 0 Å². The molecule has 3 aromatic carbocycles. The highest BCUT2D eigenvalue weighted by Crippen LogP contribution is 2.49. The molecule has 6 nitrogen and oxygen atoms in total. The number of nitrogens with two attached hydrogens (primary N) is 1. The van der Waals surface area contributed by atoms with E-state index in [0.29, 0.717) is 17.2 Å². The Morgan fingerprint density at radius 2 is 1.77 bits per heavy atom. The average Bonchev–Trinajstić information content (AvgIpc) is 3.13. The Morgan fingerprint density at radius 3 is 2.52 bits per heavy atom. The molecule has 0 fully saturated rings. The molecule has 2 N–H and O–H groups in total. The summed E-state index contributed by atoms with van der Waals surface area (Å²) in [4.78, 5) is 0. The van der Waals surface area contributed by atoms with E-state index in [4.69, 9.17) is 20.3 Å². The average molecular weight is 408 g/mol. The maximum atomic E-state index is 10.0. The molecule has 152 valence electrons. The highest BCUT2D eigenvalue weighted by molar-refractivity contribution is 5.90. The van der Waals surface area contributed by atoms with Gasteiger partial charge < -0.3 is 15.2 Å². The number of benzene rings is 3. The number of methoxy groups -OCH3 is 1. The Morgan fingerprint density at radius 1 is 1.03 bits per heavy atom. The zero-order valence-corrected chi connectivity index (χ0v) is 17.2. The smallest absolute Gasteiger partial charge is 0.229 e. The molecular weight excluding hydrogens is 388 g/mol. The first-order valence-corrected chi connectivity index (χ1v) is 9.92. The van der Waals surface area contributed by atoms with Crippen LogP contribution >= 0.6 is 0 Å². The Kier molecular flexibility index (Phi) is 4.37. The van der Waals surface area contributed by atoms with Gasteiger partial charge >= 0.3 is 0 Å². The number of nitriles is 1. The van der Waals surface area contributed by atoms with Crippen molar-refractivity contribution in [1.29, 1.82) is 5.26 Å². The van der Waals surface area contributed by atoms with Gasteiger partial charge in [0.25, 0.3) is 0 Å². The third-order valence-electron chi connectivity index (χ3n) is 5.67. The van der Waals surface area contributed by atoms with Crippen LogP contribution in [0.15, 0.2) is 78.2 Å². The largest absolute Gasteiger partial charge is 0.496 e. The standard InChI is InChI=1S/C25H20N4O2/c1-15-21-23(22-18-11-7-6-8-16(18)12-13-20(22)30-2)19(14-26)24(27)31-25(21)29(28-15)17-9-4-3-5-10-17/h3-13,23H,27H2,1-2H3/t23-/m1/s1. The highest BCUT2D eigenvalue weighted by atomic mass is 16.5. The fourth-order valence-corrected chi connectivity index (χ4v) is 4.30. The molecule has 0 saturated heterocycles. The van der Waals surface area contributed by atoms with E-state index >= 15 is 0 Å². The number of para-hydroxylation sites is 1. The van der Waals surface area contributed by atoms with Gasteiger partial charge in [-0.25, -0.2) is 4.68 Å². The minimum absolute atomic E-state index is 0.0760. The third kappa shape index (κ3) is 2.82. The summed E-state index contributed by atoms with van der Waals surface area (Å²) in [5.41, 5.74) is 9.92. The topological polar surface area (TPSA) is 86.1 Å². The van der Waals surface area contributed by atoms with Crippen LogP contribution in [0.5, 0.6) is 11.6 Å². The van der Waals surface area contributed by atoms with Crippen molar-refractivity contribution in [2.75, 3.05) is 7.11 Å². The van der Waals surface area contributed by atoms with Gasteiger partial charge in [0.2, 0.25) is 11.8 Å². The van der Waals surface area contributed by atoms with Crippen LogP contribution in [-0.2, 0) is 0 Å². The van der Waals surface area contributed by atoms with Gasteiger partial charge in [0.05, 0.1) is 30.0 Å². The first-order chi connectivity index (χ1) is 15.1. The fourth-order valence-electron chi connectivity index (χ4n) is 4.30. The number of hydrogen-bond donors (Lipinski definition) is 1. The highest BCUT2D eigenvalue weighted by Gasteiger charge is 2.38. The van der Waals surface area contributed by atoms with Crippen molar-refractivity contribution in [3.05, 3.63) is 95.0 Å². The van der Waals surface area contributed by atoms with Crippen LogP contribution in [0.3, 0.4) is 0 Å². The lowest BCUT2D eigenvalue weighted by molar-refractivity contribution is 0.364. The zero-order valence-electron chi connectivity index (χ0n) is 17.2. The number of rotatable bonds is 3. The molecule has 0 saturated carbocycles. The van der Waals surface area contributed by atoms with E-state index in [-0.39, 0.29) is 5.88 Å². The van der Waals surface area contributed by atoms with Crippen molar-refractivity contribution in [2.45, 2.75) is 12.8 Å². The molecule has 1 atom stereocenters. The third-order valence-corrected chi connectivity index (χ3v) is 5.67. The van der Waals surface area contributed by atoms with Crippen molar-refractivity contribution in [3.8, 4) is 23.4 Å². The van der Waals surface area contributed by atoms with E-state index in [2.05, 4.69) is 6.07 Å². The predicted molar refractivity (Wildman–Crippen MR) is 118 cm³/mol. The summed E-state index contributed by atoms with van der Waals surface area (Å²) in [7, 11) is 1.63. The number of aryl methyl sites for hydroxylation is 1. The van der Waals surface area contributed by atoms with Gasteiger partial charge in [0.1, 0.15) is 17.4 Å². The summed E-state index contributed by atoms with van der Waals surface area (Å²) in [6.45, 7) is 1.92. The molecule has 0 aliphatic carbocycles. The molecule has 1 aliphatic heterocycles. The second-order valence-electron chi connectivity index (χ2n) is 7.38. The normalized spacial score (nSPS) is 15.3. The summed E-state index contributed by atoms with van der Waals surface area (Å²) >= 11 is 0. The lowest BCUT2D eigenvalue weighted by Crippen LogP contribution is -2.22. The number of ether oxygens (including phenoxy) is 2. The van der Waals surface area contributed by atoms with Crippen molar-refractivity contribution >= 4 is 10.8 Å². The molecular formula is C25H20N4O2. The Labute approximate surface area is 179 Å². The van der Waals surface area contributed by atoms with Crippen LogP contribution in [-0.4, -0.2) is 16.9 Å². The van der Waals surface area contributed by atoms with Crippen LogP contribution in [0, 0.1) is 18.3 Å². The summed E-state index contributed by atoms with van der Waals surface area (Å²) in [5, 5.41) is 16.8. The molecule has 0 unspecified atom stereocenters. The Hall–Kier alpha value is -4.24. The van der Waals surface area contributed by atoms with E-state index in [1.54, 1.807) is 11.8 Å². The van der Waals surface area contributed by atoms with Gasteiger partial charge in [-0.1, -0.05) is 48.5 Å². The van der Waals surface area contributed by atoms with Crippen molar-refractivity contribution in [2.24, 2.45) is 5.73 Å². The summed E-state index contributed by atoms with van der Waals surface area (Å²) in [5.74, 6) is 0.809. The molecule has 4 aromatic rings. The Bertz CT molecular complexity index is 1380. The van der Waals surface area contributed by atoms with Gasteiger partial charge in [-0.05, 0) is 35.9 Å². The van der Waals surface area contributed by atoms with E-state index in [0.717, 1.165) is 33.3 Å². The van der Waals surface area contributed by atoms with E-state index in [9.17, 15) is 5.26 Å². The van der Waals surface area contributed by atoms with Gasteiger partial charge in [-0.2, -0.15) is 10.4 Å². The van der Waals surface area contributed by atoms with Crippen LogP contribution in [0.2, 0.25) is 0 Å². The fraction of sp³-hybridized carbons (Fsp3) is 0.120. The summed E-state index contributed by atoms with van der Waals surface area (Å²) in [6.07, 6.45) is 0. The van der Waals surface area contributed by atoms with Crippen molar-refractivity contribution in [3.63, 3.8) is 0 Å². The second-order valence-corrected chi connectivity index (χ2v) is 7.38. The van der Waals surface area contributed by atoms with Gasteiger partial charge in [0.15, 0.2) is 0 Å². The van der Waals surface area contributed by atoms with E-state index in [1.165, 1.54) is 0 Å². The quantitative estimate of drug-likeness (QED) is 0.537. The Balaban J connectivity index is 1.85. The minimum Gasteiger partial charge on any atom is -0.496 e. The first kappa shape index (κ1) is 18.8. The molecule has 0 radical (unpaired) electrons. The monoisotopic (exact) mass is 408 g/mol.